The molecule has 1 atom stereocenters. The summed E-state index contributed by atoms with van der Waals surface area (Å²) in [6.07, 6.45) is 1.18. The van der Waals surface area contributed by atoms with Gasteiger partial charge in [0, 0.05) is 18.1 Å². The molecule has 1 amide bonds. The minimum absolute atomic E-state index is 0.0840. The van der Waals surface area contributed by atoms with E-state index in [-0.39, 0.29) is 31.4 Å². The van der Waals surface area contributed by atoms with E-state index in [9.17, 15) is 19.2 Å². The van der Waals surface area contributed by atoms with Crippen LogP contribution in [0.4, 0.5) is 0 Å². The summed E-state index contributed by atoms with van der Waals surface area (Å²) < 4.78 is 7.14. The highest BCUT2D eigenvalue weighted by Crippen LogP contribution is 2.19. The van der Waals surface area contributed by atoms with E-state index in [0.29, 0.717) is 35.7 Å². The number of esters is 1. The van der Waals surface area contributed by atoms with Crippen molar-refractivity contribution in [2.24, 2.45) is 5.92 Å². The second-order valence-electron chi connectivity index (χ2n) is 8.24. The summed E-state index contributed by atoms with van der Waals surface area (Å²) in [6.45, 7) is 2.38. The van der Waals surface area contributed by atoms with Crippen molar-refractivity contribution < 1.29 is 14.3 Å². The summed E-state index contributed by atoms with van der Waals surface area (Å²) in [6, 6.07) is 15.4. The molecule has 3 aromatic rings. The van der Waals surface area contributed by atoms with Crippen LogP contribution in [-0.2, 0) is 16.1 Å². The van der Waals surface area contributed by atoms with Crippen molar-refractivity contribution in [3.63, 3.8) is 0 Å². The summed E-state index contributed by atoms with van der Waals surface area (Å²) in [5, 5.41) is 4.64. The van der Waals surface area contributed by atoms with Crippen LogP contribution in [0.5, 0.6) is 0 Å². The zero-order valence-electron chi connectivity index (χ0n) is 19.2. The molecule has 1 aliphatic heterocycles. The number of rotatable bonds is 6. The maximum absolute atomic E-state index is 13.5. The lowest BCUT2D eigenvalue weighted by atomic mass is 9.98. The lowest BCUT2D eigenvalue weighted by molar-refractivity contribution is -0.149. The largest absolute Gasteiger partial charge is 0.466 e. The maximum Gasteiger partial charge on any atom is 0.352 e. The van der Waals surface area contributed by atoms with Crippen molar-refractivity contribution in [2.75, 3.05) is 19.7 Å². The molecule has 0 spiro atoms. The van der Waals surface area contributed by atoms with E-state index in [1.807, 2.05) is 0 Å². The van der Waals surface area contributed by atoms with Crippen LogP contribution in [0.25, 0.3) is 5.69 Å². The standard InChI is InChI=1S/C25H25ClN4O5/c1-2-35-24(33)18-9-7-13-28(16-18)22(31)21-23(32)29(15-17-8-6-10-19(26)14-17)25(34)30(27-21)20-11-4-3-5-12-20/h3-6,8,10-12,14,18H,2,7,9,13,15-16H2,1H3. The Morgan fingerprint density at radius 1 is 1.11 bits per heavy atom. The van der Waals surface area contributed by atoms with Gasteiger partial charge in [0.15, 0.2) is 0 Å². The van der Waals surface area contributed by atoms with Gasteiger partial charge in [0.1, 0.15) is 0 Å². The minimum atomic E-state index is -0.801. The zero-order chi connectivity index (χ0) is 24.9. The van der Waals surface area contributed by atoms with Crippen LogP contribution in [-0.4, -0.2) is 50.8 Å². The molecule has 4 rings (SSSR count). The third kappa shape index (κ3) is 5.35. The van der Waals surface area contributed by atoms with Gasteiger partial charge in [-0.1, -0.05) is 41.9 Å². The number of para-hydroxylation sites is 1. The topological polar surface area (TPSA) is 104 Å². The molecule has 1 unspecified atom stereocenters. The highest BCUT2D eigenvalue weighted by molar-refractivity contribution is 6.30. The fraction of sp³-hybridized carbons (Fsp3) is 0.320. The van der Waals surface area contributed by atoms with Crippen molar-refractivity contribution >= 4 is 23.5 Å². The van der Waals surface area contributed by atoms with Gasteiger partial charge in [0.2, 0.25) is 5.69 Å². The molecule has 10 heteroatoms. The van der Waals surface area contributed by atoms with E-state index >= 15 is 0 Å². The number of nitrogens with zero attached hydrogens (tertiary/aromatic N) is 4. The molecule has 35 heavy (non-hydrogen) atoms. The van der Waals surface area contributed by atoms with E-state index in [1.54, 1.807) is 61.5 Å². The summed E-state index contributed by atoms with van der Waals surface area (Å²) in [4.78, 5) is 53.8. The Balaban J connectivity index is 1.77. The molecule has 2 aromatic carbocycles. The van der Waals surface area contributed by atoms with Gasteiger partial charge in [-0.15, -0.1) is 0 Å². The molecule has 0 radical (unpaired) electrons. The van der Waals surface area contributed by atoms with Crippen molar-refractivity contribution in [2.45, 2.75) is 26.3 Å². The first-order valence-electron chi connectivity index (χ1n) is 11.4. The summed E-state index contributed by atoms with van der Waals surface area (Å²) in [7, 11) is 0. The highest BCUT2D eigenvalue weighted by Gasteiger charge is 2.32. The summed E-state index contributed by atoms with van der Waals surface area (Å²) in [5.74, 6) is -1.47. The van der Waals surface area contributed by atoms with Gasteiger partial charge in [-0.3, -0.25) is 19.0 Å². The van der Waals surface area contributed by atoms with Crippen molar-refractivity contribution in [3.05, 3.63) is 91.7 Å². The molecule has 2 heterocycles. The van der Waals surface area contributed by atoms with Gasteiger partial charge >= 0.3 is 11.7 Å². The Hall–Kier alpha value is -3.72. The smallest absolute Gasteiger partial charge is 0.352 e. The predicted octanol–water partition coefficient (Wildman–Crippen LogP) is 2.51. The van der Waals surface area contributed by atoms with Crippen LogP contribution in [0, 0.1) is 5.92 Å². The lowest BCUT2D eigenvalue weighted by Crippen LogP contribution is -2.49. The summed E-state index contributed by atoms with van der Waals surface area (Å²) in [5.41, 5.74) is -0.832. The van der Waals surface area contributed by atoms with Crippen molar-refractivity contribution in [1.29, 1.82) is 0 Å². The van der Waals surface area contributed by atoms with Crippen LogP contribution < -0.4 is 11.2 Å². The molecule has 0 saturated carbocycles. The first kappa shape index (κ1) is 24.4. The monoisotopic (exact) mass is 496 g/mol. The molecule has 0 bridgehead atoms. The number of amides is 1. The number of benzene rings is 2. The van der Waals surface area contributed by atoms with E-state index in [0.717, 1.165) is 9.25 Å². The van der Waals surface area contributed by atoms with E-state index in [2.05, 4.69) is 5.10 Å². The molecular formula is C25H25ClN4O5. The Labute approximate surface area is 206 Å². The Bertz CT molecular complexity index is 1350. The number of carbonyl (C=O) groups excluding carboxylic acids is 2. The van der Waals surface area contributed by atoms with Crippen LogP contribution in [0.1, 0.15) is 35.8 Å². The number of likely N-dealkylation sites (tertiary alicyclic amines) is 1. The van der Waals surface area contributed by atoms with Crippen molar-refractivity contribution in [1.82, 2.24) is 19.2 Å². The van der Waals surface area contributed by atoms with Crippen LogP contribution in [0.3, 0.4) is 0 Å². The van der Waals surface area contributed by atoms with E-state index in [4.69, 9.17) is 16.3 Å². The Morgan fingerprint density at radius 3 is 2.60 bits per heavy atom. The quantitative estimate of drug-likeness (QED) is 0.486. The average Bonchev–Trinajstić information content (AvgIpc) is 2.87. The zero-order valence-corrected chi connectivity index (χ0v) is 20.0. The Kier molecular flexibility index (Phi) is 7.45. The number of aromatic nitrogens is 3. The molecule has 0 N–H and O–H groups in total. The van der Waals surface area contributed by atoms with Crippen LogP contribution in [0.2, 0.25) is 5.02 Å². The van der Waals surface area contributed by atoms with Gasteiger partial charge in [-0.05, 0) is 49.6 Å². The van der Waals surface area contributed by atoms with Gasteiger partial charge in [0.25, 0.3) is 11.5 Å². The molecule has 1 saturated heterocycles. The highest BCUT2D eigenvalue weighted by atomic mass is 35.5. The molecule has 1 aliphatic rings. The second-order valence-corrected chi connectivity index (χ2v) is 8.68. The number of hydrogen-bond acceptors (Lipinski definition) is 6. The fourth-order valence-electron chi connectivity index (χ4n) is 4.11. The van der Waals surface area contributed by atoms with Crippen LogP contribution >= 0.6 is 11.6 Å². The third-order valence-corrected chi connectivity index (χ3v) is 6.06. The molecule has 1 aromatic heterocycles. The molecule has 9 nitrogen and oxygen atoms in total. The van der Waals surface area contributed by atoms with Gasteiger partial charge < -0.3 is 9.64 Å². The number of hydrogen-bond donors (Lipinski definition) is 0. The molecule has 1 fully saturated rings. The minimum Gasteiger partial charge on any atom is -0.466 e. The Morgan fingerprint density at radius 2 is 1.89 bits per heavy atom. The van der Waals surface area contributed by atoms with Gasteiger partial charge in [-0.25, -0.2) is 4.79 Å². The van der Waals surface area contributed by atoms with Crippen LogP contribution in [0.15, 0.2) is 64.2 Å². The number of ether oxygens (including phenoxy) is 1. The van der Waals surface area contributed by atoms with E-state index in [1.165, 1.54) is 4.90 Å². The van der Waals surface area contributed by atoms with Gasteiger partial charge in [-0.2, -0.15) is 9.78 Å². The summed E-state index contributed by atoms with van der Waals surface area (Å²) >= 11 is 6.08. The molecule has 182 valence electrons. The number of piperidine rings is 1. The maximum atomic E-state index is 13.5. The molecule has 0 aliphatic carbocycles. The number of carbonyl (C=O) groups is 2. The normalized spacial score (nSPS) is 15.6. The molecular weight excluding hydrogens is 472 g/mol. The third-order valence-electron chi connectivity index (χ3n) is 5.82. The van der Waals surface area contributed by atoms with Gasteiger partial charge in [0.05, 0.1) is 24.8 Å². The number of halogens is 1. The SMILES string of the molecule is CCOC(=O)C1CCCN(C(=O)c2nn(-c3ccccc3)c(=O)n(Cc3cccc(Cl)c3)c2=O)C1. The first-order chi connectivity index (χ1) is 16.9. The predicted molar refractivity (Wildman–Crippen MR) is 130 cm³/mol. The van der Waals surface area contributed by atoms with E-state index < -0.39 is 23.1 Å². The fourth-order valence-corrected chi connectivity index (χ4v) is 4.32. The first-order valence-corrected chi connectivity index (χ1v) is 11.8. The van der Waals surface area contributed by atoms with Crippen molar-refractivity contribution in [3.8, 4) is 5.69 Å². The second kappa shape index (κ2) is 10.7. The lowest BCUT2D eigenvalue weighted by Gasteiger charge is -2.31. The average molecular weight is 497 g/mol.